The highest BCUT2D eigenvalue weighted by molar-refractivity contribution is 5.66. The Hall–Kier alpha value is -1.05. The molecule has 0 radical (unpaired) electrons. The Morgan fingerprint density at radius 3 is 2.21 bits per heavy atom. The molecule has 9 rings (SSSR count). The number of aliphatic hydroxyl groups is 7. The predicted octanol–water partition coefficient (Wildman–Crippen LogP) is 1.52. The number of carbonyl (C=O) groups excluding carboxylic acids is 1. The van der Waals surface area contributed by atoms with Crippen molar-refractivity contribution in [2.24, 2.45) is 50.7 Å². The highest BCUT2D eigenvalue weighted by atomic mass is 16.8. The van der Waals surface area contributed by atoms with Crippen LogP contribution in [-0.4, -0.2) is 146 Å². The van der Waals surface area contributed by atoms with Gasteiger partial charge in [-0.2, -0.15) is 0 Å². The molecule has 5 aliphatic carbocycles. The number of esters is 1. The number of ether oxygens (including phenoxy) is 7. The zero-order valence-corrected chi connectivity index (χ0v) is 35.3. The van der Waals surface area contributed by atoms with Crippen LogP contribution < -0.4 is 0 Å². The molecule has 7 N–H and O–H groups in total. The molecule has 3 spiro atoms. The van der Waals surface area contributed by atoms with Crippen LogP contribution >= 0.6 is 0 Å². The van der Waals surface area contributed by atoms with Crippen molar-refractivity contribution in [3.05, 3.63) is 0 Å². The summed E-state index contributed by atoms with van der Waals surface area (Å²) in [4.78, 5) is 12.2. The Morgan fingerprint density at radius 2 is 1.52 bits per heavy atom. The van der Waals surface area contributed by atoms with E-state index in [4.69, 9.17) is 33.2 Å². The standard InChI is InChI=1S/C43H68O15/c1-19-15-22-33(38(5,6)56-20(2)45)58-43(57-22)32(19)39(7)13-14-42-18-41(42)12-11-26(37(3,4)24(41)9-10-25(42)40(39,8)36(43)51)54-34-30(50)31(21(46)17-52-34)55-35-29(49)28(48)27(47)23(16-44)53-35/h19,21-36,44,46-51H,9-18H2,1-8H3. The van der Waals surface area contributed by atoms with Crippen LogP contribution in [0.2, 0.25) is 0 Å². The number of fused-ring (bicyclic) bond motifs is 4. The molecule has 330 valence electrons. The van der Waals surface area contributed by atoms with Crippen LogP contribution in [0.5, 0.6) is 0 Å². The molecule has 9 aliphatic rings. The van der Waals surface area contributed by atoms with Gasteiger partial charge in [0.2, 0.25) is 0 Å². The Morgan fingerprint density at radius 1 is 0.828 bits per heavy atom. The van der Waals surface area contributed by atoms with Gasteiger partial charge in [0.25, 0.3) is 0 Å². The minimum atomic E-state index is -1.70. The van der Waals surface area contributed by atoms with E-state index in [1.54, 1.807) is 0 Å². The van der Waals surface area contributed by atoms with Crippen LogP contribution in [0.15, 0.2) is 0 Å². The molecule has 22 atom stereocenters. The topological polar surface area (TPSA) is 223 Å². The summed E-state index contributed by atoms with van der Waals surface area (Å²) in [5.74, 6) is -0.767. The normalized spacial score (nSPS) is 57.9. The van der Waals surface area contributed by atoms with Gasteiger partial charge in [-0.25, -0.2) is 0 Å². The van der Waals surface area contributed by atoms with Crippen LogP contribution in [0.3, 0.4) is 0 Å². The van der Waals surface area contributed by atoms with E-state index in [9.17, 15) is 40.5 Å². The predicted molar refractivity (Wildman–Crippen MR) is 201 cm³/mol. The summed E-state index contributed by atoms with van der Waals surface area (Å²) in [5, 5.41) is 76.0. The van der Waals surface area contributed by atoms with Gasteiger partial charge in [0.05, 0.1) is 25.4 Å². The van der Waals surface area contributed by atoms with E-state index in [2.05, 4.69) is 34.6 Å². The molecule has 2 bridgehead atoms. The number of carbonyl (C=O) groups is 1. The van der Waals surface area contributed by atoms with Crippen molar-refractivity contribution >= 4 is 5.97 Å². The van der Waals surface area contributed by atoms with Gasteiger partial charge in [-0.3, -0.25) is 4.79 Å². The lowest BCUT2D eigenvalue weighted by molar-refractivity contribution is -0.356. The first-order valence-corrected chi connectivity index (χ1v) is 21.9. The third-order valence-corrected chi connectivity index (χ3v) is 18.4. The highest BCUT2D eigenvalue weighted by Gasteiger charge is 2.88. The van der Waals surface area contributed by atoms with Gasteiger partial charge in [-0.05, 0) is 105 Å². The second kappa shape index (κ2) is 13.5. The molecule has 0 aromatic rings. The third-order valence-electron chi connectivity index (χ3n) is 18.4. The smallest absolute Gasteiger partial charge is 0.303 e. The van der Waals surface area contributed by atoms with E-state index in [-0.39, 0.29) is 64.2 Å². The van der Waals surface area contributed by atoms with Crippen molar-refractivity contribution in [2.75, 3.05) is 13.2 Å². The number of hydrogen-bond acceptors (Lipinski definition) is 15. The molecule has 0 aromatic heterocycles. The van der Waals surface area contributed by atoms with Gasteiger partial charge in [-0.1, -0.05) is 34.6 Å². The minimum absolute atomic E-state index is 0.0197. The lowest BCUT2D eigenvalue weighted by Crippen LogP contribution is -2.63. The number of rotatable bonds is 7. The van der Waals surface area contributed by atoms with E-state index in [0.717, 1.165) is 51.4 Å². The van der Waals surface area contributed by atoms with Gasteiger partial charge in [-0.15, -0.1) is 0 Å². The van der Waals surface area contributed by atoms with E-state index < -0.39 is 90.9 Å². The van der Waals surface area contributed by atoms with Crippen molar-refractivity contribution in [1.29, 1.82) is 0 Å². The summed E-state index contributed by atoms with van der Waals surface area (Å²) >= 11 is 0. The molecule has 58 heavy (non-hydrogen) atoms. The van der Waals surface area contributed by atoms with E-state index in [1.807, 2.05) is 13.8 Å². The first kappa shape index (κ1) is 42.3. The van der Waals surface area contributed by atoms with Crippen LogP contribution in [0.25, 0.3) is 0 Å². The molecule has 4 aliphatic heterocycles. The summed E-state index contributed by atoms with van der Waals surface area (Å²) in [7, 11) is 0. The van der Waals surface area contributed by atoms with Gasteiger partial charge in [0, 0.05) is 18.3 Å². The first-order chi connectivity index (χ1) is 27.1. The largest absolute Gasteiger partial charge is 0.457 e. The van der Waals surface area contributed by atoms with Crippen LogP contribution in [-0.2, 0) is 38.0 Å². The maximum atomic E-state index is 12.9. The summed E-state index contributed by atoms with van der Waals surface area (Å²) in [6, 6.07) is 0. The Balaban J connectivity index is 0.933. The summed E-state index contributed by atoms with van der Waals surface area (Å²) in [6.45, 7) is 15.8. The maximum absolute atomic E-state index is 12.9. The second-order valence-corrected chi connectivity index (χ2v) is 21.6. The van der Waals surface area contributed by atoms with Crippen LogP contribution in [0.4, 0.5) is 0 Å². The second-order valence-electron chi connectivity index (χ2n) is 21.6. The van der Waals surface area contributed by atoms with Gasteiger partial charge >= 0.3 is 5.97 Å². The quantitative estimate of drug-likeness (QED) is 0.143. The molecule has 0 aromatic carbocycles. The fraction of sp³-hybridized carbons (Fsp3) is 0.977. The summed E-state index contributed by atoms with van der Waals surface area (Å²) < 4.78 is 43.7. The molecular weight excluding hydrogens is 756 g/mol. The first-order valence-electron chi connectivity index (χ1n) is 21.9. The average molecular weight is 825 g/mol. The van der Waals surface area contributed by atoms with Crippen molar-refractivity contribution in [3.8, 4) is 0 Å². The summed E-state index contributed by atoms with van der Waals surface area (Å²) in [6.07, 6.45) is -7.44. The third kappa shape index (κ3) is 5.35. The minimum Gasteiger partial charge on any atom is -0.457 e. The zero-order valence-electron chi connectivity index (χ0n) is 35.3. The number of aliphatic hydroxyl groups excluding tert-OH is 7. The Bertz CT molecular complexity index is 1620. The molecule has 4 heterocycles. The average Bonchev–Trinajstić information content (AvgIpc) is 3.66. The molecular formula is C43H68O15. The lowest BCUT2D eigenvalue weighted by Gasteiger charge is -2.63. The molecule has 4 saturated heterocycles. The lowest BCUT2D eigenvalue weighted by atomic mass is 9.41. The molecule has 15 nitrogen and oxygen atoms in total. The highest BCUT2D eigenvalue weighted by Crippen LogP contribution is 2.90. The molecule has 9 fully saturated rings. The van der Waals surface area contributed by atoms with Crippen molar-refractivity contribution in [2.45, 2.75) is 198 Å². The van der Waals surface area contributed by atoms with Crippen LogP contribution in [0.1, 0.15) is 107 Å². The molecule has 0 amide bonds. The van der Waals surface area contributed by atoms with E-state index in [1.165, 1.54) is 6.92 Å². The fourth-order valence-corrected chi connectivity index (χ4v) is 15.9. The Labute approximate surface area is 341 Å². The molecule has 22 unspecified atom stereocenters. The van der Waals surface area contributed by atoms with Crippen molar-refractivity contribution < 1.29 is 73.7 Å². The van der Waals surface area contributed by atoms with Crippen molar-refractivity contribution in [1.82, 2.24) is 0 Å². The van der Waals surface area contributed by atoms with E-state index >= 15 is 0 Å². The van der Waals surface area contributed by atoms with E-state index in [0.29, 0.717) is 5.92 Å². The van der Waals surface area contributed by atoms with Gasteiger partial charge in [0.1, 0.15) is 60.5 Å². The maximum Gasteiger partial charge on any atom is 0.303 e. The van der Waals surface area contributed by atoms with Gasteiger partial charge in [0.15, 0.2) is 18.4 Å². The SMILES string of the molecule is CC(=O)OC(C)(C)C1OC23OC1CC(C)C2C1(C)CCC24CC25CCC(OC2OCC(O)C(OC6OC(CO)C(O)C(O)C6O)C2O)C(C)(C)C5CCC4C1(C)C3O. The fourth-order valence-electron chi connectivity index (χ4n) is 15.9. The van der Waals surface area contributed by atoms with Crippen molar-refractivity contribution in [3.63, 3.8) is 0 Å². The summed E-state index contributed by atoms with van der Waals surface area (Å²) in [5.41, 5.74) is -1.86. The van der Waals surface area contributed by atoms with Crippen LogP contribution in [0, 0.1) is 50.7 Å². The molecule has 15 heteroatoms. The molecule has 5 saturated carbocycles. The van der Waals surface area contributed by atoms with Gasteiger partial charge < -0.3 is 68.9 Å². The zero-order chi connectivity index (χ0) is 41.9. The number of hydrogen-bond donors (Lipinski definition) is 7. The Kier molecular flexibility index (Phi) is 9.82. The monoisotopic (exact) mass is 824 g/mol.